The molecule has 0 aromatic carbocycles. The van der Waals surface area contributed by atoms with Gasteiger partial charge in [0.25, 0.3) is 0 Å². The van der Waals surface area contributed by atoms with Crippen molar-refractivity contribution in [3.63, 3.8) is 0 Å². The van der Waals surface area contributed by atoms with E-state index in [-0.39, 0.29) is 0 Å². The van der Waals surface area contributed by atoms with Crippen molar-refractivity contribution in [2.24, 2.45) is 0 Å². The summed E-state index contributed by atoms with van der Waals surface area (Å²) in [6, 6.07) is 0. The van der Waals surface area contributed by atoms with Crippen LogP contribution in [0.2, 0.25) is 39.3 Å². The highest BCUT2D eigenvalue weighted by Crippen LogP contribution is 2.34. The molecule has 0 saturated heterocycles. The van der Waals surface area contributed by atoms with Gasteiger partial charge in [0.05, 0.1) is 53.7 Å². The zero-order valence-electron chi connectivity index (χ0n) is 14.7. The minimum absolute atomic E-state index is 1.09. The number of rotatable bonds is 4. The van der Waals surface area contributed by atoms with Gasteiger partial charge in [-0.25, -0.2) is 0 Å². The molecule has 0 bridgehead atoms. The first-order chi connectivity index (χ1) is 10.7. The minimum Gasteiger partial charge on any atom is -0.472 e. The summed E-state index contributed by atoms with van der Waals surface area (Å²) in [4.78, 5) is 0. The predicted molar refractivity (Wildman–Crippen MR) is 100 cm³/mol. The molecule has 0 aliphatic heterocycles. The Labute approximate surface area is 139 Å². The molecule has 3 nitrogen and oxygen atoms in total. The highest BCUT2D eigenvalue weighted by atomic mass is 28.3. The molecule has 3 aromatic rings. The van der Waals surface area contributed by atoms with E-state index in [0.717, 1.165) is 22.3 Å². The van der Waals surface area contributed by atoms with Crippen LogP contribution in [0.1, 0.15) is 0 Å². The Morgan fingerprint density at radius 3 is 1.13 bits per heavy atom. The van der Waals surface area contributed by atoms with Crippen molar-refractivity contribution < 1.29 is 13.3 Å². The Bertz CT molecular complexity index is 743. The lowest BCUT2D eigenvalue weighted by Gasteiger charge is -2.17. The molecular weight excluding hydrogens is 320 g/mol. The summed E-state index contributed by atoms with van der Waals surface area (Å²) < 4.78 is 16.7. The van der Waals surface area contributed by atoms with Crippen LogP contribution in [0.3, 0.4) is 0 Å². The summed E-state index contributed by atoms with van der Waals surface area (Å²) in [5.74, 6) is 0. The van der Waals surface area contributed by atoms with E-state index < -0.39 is 16.1 Å². The van der Waals surface area contributed by atoms with Gasteiger partial charge in [0.15, 0.2) is 0 Å². The molecule has 0 saturated carbocycles. The molecule has 0 radical (unpaired) electrons. The second-order valence-electron chi connectivity index (χ2n) is 8.10. The van der Waals surface area contributed by atoms with Gasteiger partial charge in [0.1, 0.15) is 0 Å². The summed E-state index contributed by atoms with van der Waals surface area (Å²) in [5, 5.41) is 2.64. The standard InChI is InChI=1S/C18H24O3Si2/c1-22(2,3)17-11-20-9-15(17)13-7-19-8-14(13)16-10-21-12-18(16)23(4,5)6/h7-12H,1-6H3. The SMILES string of the molecule is C[Si](C)(C)c1cocc1-c1cocc1-c1cocc1[Si](C)(C)C. The quantitative estimate of drug-likeness (QED) is 0.633. The maximum Gasteiger partial charge on any atom is 0.0988 e. The van der Waals surface area contributed by atoms with Crippen LogP contribution in [0.25, 0.3) is 22.3 Å². The van der Waals surface area contributed by atoms with E-state index >= 15 is 0 Å². The van der Waals surface area contributed by atoms with Crippen LogP contribution in [0, 0.1) is 0 Å². The third kappa shape index (κ3) is 2.91. The average Bonchev–Trinajstić information content (AvgIpc) is 3.16. The molecule has 3 rings (SSSR count). The molecule has 0 fully saturated rings. The van der Waals surface area contributed by atoms with E-state index in [1.54, 1.807) is 0 Å². The molecule has 0 spiro atoms. The zero-order chi connectivity index (χ0) is 16.8. The van der Waals surface area contributed by atoms with Crippen LogP contribution >= 0.6 is 0 Å². The lowest BCUT2D eigenvalue weighted by Crippen LogP contribution is -2.38. The highest BCUT2D eigenvalue weighted by molar-refractivity contribution is 6.90. The van der Waals surface area contributed by atoms with E-state index in [2.05, 4.69) is 39.3 Å². The fourth-order valence-corrected chi connectivity index (χ4v) is 5.73. The van der Waals surface area contributed by atoms with Gasteiger partial charge in [-0.3, -0.25) is 0 Å². The van der Waals surface area contributed by atoms with E-state index in [9.17, 15) is 0 Å². The first-order valence-electron chi connectivity index (χ1n) is 7.90. The van der Waals surface area contributed by atoms with Crippen molar-refractivity contribution in [1.29, 1.82) is 0 Å². The molecule has 23 heavy (non-hydrogen) atoms. The van der Waals surface area contributed by atoms with Crippen molar-refractivity contribution in [3.05, 3.63) is 37.6 Å². The molecule has 0 atom stereocenters. The molecule has 3 aromatic heterocycles. The summed E-state index contributed by atoms with van der Waals surface area (Å²) in [6.45, 7) is 14.0. The summed E-state index contributed by atoms with van der Waals surface area (Å²) in [7, 11) is -2.98. The Balaban J connectivity index is 2.16. The van der Waals surface area contributed by atoms with Gasteiger partial charge in [0, 0.05) is 22.3 Å². The predicted octanol–water partition coefficient (Wildman–Crippen LogP) is 4.89. The third-order valence-electron chi connectivity index (χ3n) is 4.18. The van der Waals surface area contributed by atoms with Gasteiger partial charge < -0.3 is 13.3 Å². The van der Waals surface area contributed by atoms with Crippen molar-refractivity contribution in [1.82, 2.24) is 0 Å². The van der Waals surface area contributed by atoms with Gasteiger partial charge in [-0.15, -0.1) is 0 Å². The maximum atomic E-state index is 5.58. The second-order valence-corrected chi connectivity index (χ2v) is 18.2. The zero-order valence-corrected chi connectivity index (χ0v) is 16.7. The Hall–Kier alpha value is -1.73. The number of furan rings is 3. The smallest absolute Gasteiger partial charge is 0.0988 e. The van der Waals surface area contributed by atoms with Crippen molar-refractivity contribution in [2.45, 2.75) is 39.3 Å². The van der Waals surface area contributed by atoms with Crippen LogP contribution in [0.4, 0.5) is 0 Å². The average molecular weight is 345 g/mol. The van der Waals surface area contributed by atoms with Gasteiger partial charge in [-0.05, 0) is 10.4 Å². The fourth-order valence-electron chi connectivity index (χ4n) is 2.89. The van der Waals surface area contributed by atoms with Crippen LogP contribution in [0.5, 0.6) is 0 Å². The van der Waals surface area contributed by atoms with Gasteiger partial charge in [-0.1, -0.05) is 39.3 Å². The molecule has 5 heteroatoms. The van der Waals surface area contributed by atoms with Crippen molar-refractivity contribution >= 4 is 26.5 Å². The normalized spacial score (nSPS) is 12.8. The maximum absolute atomic E-state index is 5.58. The van der Waals surface area contributed by atoms with Crippen LogP contribution in [-0.4, -0.2) is 16.1 Å². The summed E-state index contributed by atoms with van der Waals surface area (Å²) >= 11 is 0. The summed E-state index contributed by atoms with van der Waals surface area (Å²) in [5.41, 5.74) is 4.49. The van der Waals surface area contributed by atoms with E-state index in [4.69, 9.17) is 13.3 Å². The number of hydrogen-bond acceptors (Lipinski definition) is 3. The van der Waals surface area contributed by atoms with Crippen LogP contribution in [0.15, 0.2) is 50.8 Å². The van der Waals surface area contributed by atoms with Gasteiger partial charge in [-0.2, -0.15) is 0 Å². The third-order valence-corrected chi connectivity index (χ3v) is 8.19. The molecule has 0 unspecified atom stereocenters. The Morgan fingerprint density at radius 1 is 0.478 bits per heavy atom. The molecule has 0 N–H and O–H groups in total. The first kappa shape index (κ1) is 16.1. The van der Waals surface area contributed by atoms with Crippen LogP contribution < -0.4 is 10.4 Å². The molecular formula is C18H24O3Si2. The largest absolute Gasteiger partial charge is 0.472 e. The van der Waals surface area contributed by atoms with E-state index in [0.29, 0.717) is 0 Å². The lowest BCUT2D eigenvalue weighted by molar-refractivity contribution is 0.564. The van der Waals surface area contributed by atoms with Crippen LogP contribution in [-0.2, 0) is 0 Å². The van der Waals surface area contributed by atoms with Gasteiger partial charge >= 0.3 is 0 Å². The summed E-state index contributed by atoms with van der Waals surface area (Å²) in [6.07, 6.45) is 11.1. The molecule has 122 valence electrons. The van der Waals surface area contributed by atoms with E-state index in [1.165, 1.54) is 10.4 Å². The van der Waals surface area contributed by atoms with E-state index in [1.807, 2.05) is 37.6 Å². The molecule has 0 aliphatic rings. The second kappa shape index (κ2) is 5.42. The van der Waals surface area contributed by atoms with Crippen molar-refractivity contribution in [2.75, 3.05) is 0 Å². The number of hydrogen-bond donors (Lipinski definition) is 0. The Morgan fingerprint density at radius 2 is 0.783 bits per heavy atom. The highest BCUT2D eigenvalue weighted by Gasteiger charge is 2.28. The Kier molecular flexibility index (Phi) is 3.80. The van der Waals surface area contributed by atoms with Crippen molar-refractivity contribution in [3.8, 4) is 22.3 Å². The lowest BCUT2D eigenvalue weighted by atomic mass is 10.0. The first-order valence-corrected chi connectivity index (χ1v) is 14.9. The topological polar surface area (TPSA) is 39.4 Å². The molecule has 3 heterocycles. The molecule has 0 aliphatic carbocycles. The monoisotopic (exact) mass is 344 g/mol. The van der Waals surface area contributed by atoms with Gasteiger partial charge in [0.2, 0.25) is 0 Å². The minimum atomic E-state index is -1.49. The fraction of sp³-hybridized carbons (Fsp3) is 0.333. The molecule has 0 amide bonds.